The Kier molecular flexibility index (Phi) is 3.33. The van der Waals surface area contributed by atoms with Gasteiger partial charge in [0.2, 0.25) is 0 Å². The molecular weight excluding hydrogens is 168 g/mol. The lowest BCUT2D eigenvalue weighted by molar-refractivity contribution is -0.351. The first-order chi connectivity index (χ1) is 6.33. The van der Waals surface area contributed by atoms with Crippen LogP contribution in [0.2, 0.25) is 0 Å². The van der Waals surface area contributed by atoms with Crippen molar-refractivity contribution in [1.29, 1.82) is 0 Å². The molecule has 1 aromatic rings. The quantitative estimate of drug-likeness (QED) is 0.285. The van der Waals surface area contributed by atoms with Crippen molar-refractivity contribution in [2.24, 2.45) is 5.11 Å². The standard InChI is InChI=1S/C9H8N2O2/c1-13-9(12)7-10-11-8-5-3-2-4-6-8/h2-6H,1H3. The minimum absolute atomic E-state index is 0.639. The van der Waals surface area contributed by atoms with Gasteiger partial charge in [0.05, 0.1) is 0 Å². The molecule has 0 N–H and O–H groups in total. The van der Waals surface area contributed by atoms with Gasteiger partial charge in [-0.25, -0.2) is 0 Å². The van der Waals surface area contributed by atoms with Crippen molar-refractivity contribution in [1.82, 2.24) is 0 Å². The Labute approximate surface area is 75.5 Å². The first-order valence-corrected chi connectivity index (χ1v) is 3.62. The van der Waals surface area contributed by atoms with E-state index < -0.39 is 5.95 Å². The van der Waals surface area contributed by atoms with E-state index in [1.165, 1.54) is 7.11 Å². The van der Waals surface area contributed by atoms with Crippen molar-refractivity contribution in [2.75, 3.05) is 7.11 Å². The van der Waals surface area contributed by atoms with Crippen LogP contribution in [0.4, 0.5) is 5.69 Å². The Morgan fingerprint density at radius 1 is 1.46 bits per heavy atom. The zero-order valence-corrected chi connectivity index (χ0v) is 7.10. The third-order valence-corrected chi connectivity index (χ3v) is 1.25. The van der Waals surface area contributed by atoms with E-state index in [2.05, 4.69) is 20.5 Å². The first-order valence-electron chi connectivity index (χ1n) is 3.62. The summed E-state index contributed by atoms with van der Waals surface area (Å²) in [4.78, 5) is 3.41. The molecular formula is C9H8N2O2. The zero-order chi connectivity index (χ0) is 9.52. The van der Waals surface area contributed by atoms with Crippen molar-refractivity contribution >= 4 is 11.6 Å². The summed E-state index contributed by atoms with van der Waals surface area (Å²) >= 11 is 0. The summed E-state index contributed by atoms with van der Waals surface area (Å²) in [5, 5.41) is 14.2. The number of nitrogens with zero attached hydrogens (tertiary/aromatic N) is 2. The maximum Gasteiger partial charge on any atom is 0.376 e. The van der Waals surface area contributed by atoms with Gasteiger partial charge in [-0.3, -0.25) is 0 Å². The number of hydrogen-bond acceptors (Lipinski definition) is 3. The van der Waals surface area contributed by atoms with Gasteiger partial charge in [-0.15, -0.1) is 0 Å². The number of benzene rings is 1. The highest BCUT2D eigenvalue weighted by Gasteiger charge is 1.89. The van der Waals surface area contributed by atoms with E-state index in [1.54, 1.807) is 12.1 Å². The van der Waals surface area contributed by atoms with Crippen LogP contribution >= 0.6 is 0 Å². The molecule has 1 aromatic carbocycles. The molecule has 0 aromatic heterocycles. The zero-order valence-electron chi connectivity index (χ0n) is 7.10. The Morgan fingerprint density at radius 2 is 2.15 bits per heavy atom. The molecule has 0 amide bonds. The molecule has 0 fully saturated rings. The van der Waals surface area contributed by atoms with Gasteiger partial charge in [0.25, 0.3) is 0 Å². The largest absolute Gasteiger partial charge is 0.606 e. The van der Waals surface area contributed by atoms with Crippen LogP contribution in [0.1, 0.15) is 0 Å². The van der Waals surface area contributed by atoms with Crippen LogP contribution < -0.4 is 5.11 Å². The third kappa shape index (κ3) is 3.25. The van der Waals surface area contributed by atoms with Crippen molar-refractivity contribution in [3.8, 4) is 0 Å². The van der Waals surface area contributed by atoms with Gasteiger partial charge in [-0.2, -0.15) is 0 Å². The fraction of sp³-hybridized carbons (Fsp3) is 0.111. The van der Waals surface area contributed by atoms with Crippen molar-refractivity contribution in [3.63, 3.8) is 0 Å². The van der Waals surface area contributed by atoms with Gasteiger partial charge in [-0.1, -0.05) is 18.2 Å². The second kappa shape index (κ2) is 4.78. The van der Waals surface area contributed by atoms with E-state index >= 15 is 0 Å². The highest BCUT2D eigenvalue weighted by Crippen LogP contribution is 2.06. The molecule has 13 heavy (non-hydrogen) atoms. The summed E-state index contributed by atoms with van der Waals surface area (Å²) in [6, 6.07) is 9.05. The molecule has 0 unspecified atom stereocenters. The summed E-state index contributed by atoms with van der Waals surface area (Å²) in [5.74, 6) is 1.44. The molecule has 0 saturated carbocycles. The van der Waals surface area contributed by atoms with Crippen LogP contribution in [0, 0.1) is 0 Å². The predicted octanol–water partition coefficient (Wildman–Crippen LogP) is 0.496. The molecule has 0 radical (unpaired) electrons. The van der Waals surface area contributed by atoms with Gasteiger partial charge < -0.3 is 9.84 Å². The summed E-state index contributed by atoms with van der Waals surface area (Å²) < 4.78 is 4.28. The monoisotopic (exact) mass is 176 g/mol. The first kappa shape index (κ1) is 9.07. The minimum Gasteiger partial charge on any atom is -0.606 e. The number of hydrogen-bond donors (Lipinski definition) is 0. The average Bonchev–Trinajstić information content (AvgIpc) is 2.19. The van der Waals surface area contributed by atoms with Crippen LogP contribution in [0.3, 0.4) is 0 Å². The predicted molar refractivity (Wildman–Crippen MR) is 44.3 cm³/mol. The number of methoxy groups -OCH3 is 1. The number of ether oxygens (including phenoxy) is 1. The minimum atomic E-state index is -0.639. The normalized spacial score (nSPS) is 8.08. The SMILES string of the molecule is COC([O-])=C=[N+]=Nc1ccccc1. The molecule has 0 aliphatic carbocycles. The fourth-order valence-corrected chi connectivity index (χ4v) is 0.664. The smallest absolute Gasteiger partial charge is 0.376 e. The lowest BCUT2D eigenvalue weighted by Gasteiger charge is -1.96. The van der Waals surface area contributed by atoms with Gasteiger partial charge in [0.15, 0.2) is 5.95 Å². The van der Waals surface area contributed by atoms with E-state index in [1.807, 2.05) is 18.2 Å². The summed E-state index contributed by atoms with van der Waals surface area (Å²) in [6.45, 7) is 0. The van der Waals surface area contributed by atoms with Crippen molar-refractivity contribution in [2.45, 2.75) is 0 Å². The summed E-state index contributed by atoms with van der Waals surface area (Å²) in [6.07, 6.45) is 0. The van der Waals surface area contributed by atoms with Gasteiger partial charge in [0.1, 0.15) is 15.6 Å². The molecule has 0 bridgehead atoms. The Bertz CT molecular complexity index is 360. The van der Waals surface area contributed by atoms with Crippen LogP contribution in [0.15, 0.2) is 41.4 Å². The van der Waals surface area contributed by atoms with Crippen LogP contribution in [0.25, 0.3) is 0 Å². The Hall–Kier alpha value is -2.02. The van der Waals surface area contributed by atoms with E-state index in [4.69, 9.17) is 0 Å². The lowest BCUT2D eigenvalue weighted by atomic mass is 10.3. The molecule has 0 heterocycles. The molecule has 0 atom stereocenters. The van der Waals surface area contributed by atoms with Gasteiger partial charge >= 0.3 is 5.87 Å². The second-order valence-electron chi connectivity index (χ2n) is 2.14. The highest BCUT2D eigenvalue weighted by molar-refractivity contribution is 5.45. The molecule has 4 nitrogen and oxygen atoms in total. The van der Waals surface area contributed by atoms with E-state index in [9.17, 15) is 5.11 Å². The molecule has 0 saturated heterocycles. The molecule has 0 aliphatic heterocycles. The van der Waals surface area contributed by atoms with Crippen LogP contribution in [0.5, 0.6) is 0 Å². The summed E-state index contributed by atoms with van der Waals surface area (Å²) in [7, 11) is 1.26. The molecule has 1 rings (SSSR count). The molecule has 66 valence electrons. The maximum atomic E-state index is 10.5. The van der Waals surface area contributed by atoms with E-state index in [0.717, 1.165) is 0 Å². The van der Waals surface area contributed by atoms with E-state index in [0.29, 0.717) is 5.69 Å². The average molecular weight is 176 g/mol. The lowest BCUT2D eigenvalue weighted by Crippen LogP contribution is -2.05. The molecule has 4 heteroatoms. The van der Waals surface area contributed by atoms with Crippen molar-refractivity contribution < 1.29 is 14.6 Å². The topological polar surface area (TPSA) is 58.8 Å². The van der Waals surface area contributed by atoms with E-state index in [-0.39, 0.29) is 0 Å². The second-order valence-corrected chi connectivity index (χ2v) is 2.14. The summed E-state index contributed by atoms with van der Waals surface area (Å²) in [5.41, 5.74) is 0.666. The van der Waals surface area contributed by atoms with Gasteiger partial charge in [0, 0.05) is 0 Å². The molecule has 0 spiro atoms. The van der Waals surface area contributed by atoms with Crippen LogP contribution in [-0.4, -0.2) is 17.8 Å². The Morgan fingerprint density at radius 3 is 2.77 bits per heavy atom. The number of rotatable bonds is 2. The van der Waals surface area contributed by atoms with Crippen LogP contribution in [-0.2, 0) is 4.74 Å². The van der Waals surface area contributed by atoms with Crippen molar-refractivity contribution in [3.05, 3.63) is 36.3 Å². The fourth-order valence-electron chi connectivity index (χ4n) is 0.664. The third-order valence-electron chi connectivity index (χ3n) is 1.25. The van der Waals surface area contributed by atoms with Gasteiger partial charge in [-0.05, 0) is 19.2 Å². The highest BCUT2D eigenvalue weighted by atomic mass is 16.6. The maximum absolute atomic E-state index is 10.5. The molecule has 0 aliphatic rings. The Balaban J connectivity index is 2.86.